The first-order valence-corrected chi connectivity index (χ1v) is 7.50. The predicted octanol–water partition coefficient (Wildman–Crippen LogP) is 2.96. The Labute approximate surface area is 121 Å². The number of rotatable bonds is 9. The van der Waals surface area contributed by atoms with Gasteiger partial charge in [0.05, 0.1) is 17.6 Å². The van der Waals surface area contributed by atoms with E-state index in [0.29, 0.717) is 0 Å². The lowest BCUT2D eigenvalue weighted by Gasteiger charge is -2.08. The molecule has 4 nitrogen and oxygen atoms in total. The van der Waals surface area contributed by atoms with Crippen LogP contribution in [0.5, 0.6) is 0 Å². The van der Waals surface area contributed by atoms with Crippen LogP contribution in [0.3, 0.4) is 0 Å². The number of nitrogens with one attached hydrogen (secondary N) is 1. The molecule has 0 unspecified atom stereocenters. The number of aryl methyl sites for hydroxylation is 1. The van der Waals surface area contributed by atoms with Crippen molar-refractivity contribution in [3.05, 3.63) is 30.1 Å². The fourth-order valence-electron chi connectivity index (χ4n) is 2.43. The summed E-state index contributed by atoms with van der Waals surface area (Å²) in [5.41, 5.74) is 2.34. The van der Waals surface area contributed by atoms with Crippen LogP contribution in [0.15, 0.2) is 24.3 Å². The van der Waals surface area contributed by atoms with Gasteiger partial charge >= 0.3 is 0 Å². The maximum atomic E-state index is 5.05. The van der Waals surface area contributed by atoms with Gasteiger partial charge in [0.15, 0.2) is 0 Å². The van der Waals surface area contributed by atoms with Crippen LogP contribution in [-0.4, -0.2) is 29.8 Å². The normalized spacial score (nSPS) is 11.3. The Morgan fingerprint density at radius 2 is 2.10 bits per heavy atom. The highest BCUT2D eigenvalue weighted by atomic mass is 16.5. The number of benzene rings is 1. The van der Waals surface area contributed by atoms with Crippen molar-refractivity contribution in [3.63, 3.8) is 0 Å². The summed E-state index contributed by atoms with van der Waals surface area (Å²) < 4.78 is 7.38. The number of nitrogens with zero attached hydrogens (tertiary/aromatic N) is 2. The van der Waals surface area contributed by atoms with Crippen LogP contribution in [0.2, 0.25) is 0 Å². The molecule has 0 aliphatic carbocycles. The summed E-state index contributed by atoms with van der Waals surface area (Å²) in [6.45, 7) is 5.92. The average Bonchev–Trinajstić information content (AvgIpc) is 2.81. The molecule has 1 aromatic carbocycles. The SMILES string of the molecule is CCCn1c(CNCCCCOC)nc2ccccc21. The number of imidazole rings is 1. The van der Waals surface area contributed by atoms with Gasteiger partial charge in [-0.05, 0) is 37.9 Å². The zero-order valence-electron chi connectivity index (χ0n) is 12.6. The third-order valence-corrected chi connectivity index (χ3v) is 3.42. The van der Waals surface area contributed by atoms with Gasteiger partial charge in [-0.2, -0.15) is 0 Å². The van der Waals surface area contributed by atoms with E-state index in [2.05, 4.69) is 35.0 Å². The zero-order chi connectivity index (χ0) is 14.2. The molecule has 0 amide bonds. The van der Waals surface area contributed by atoms with Crippen LogP contribution < -0.4 is 5.32 Å². The Balaban J connectivity index is 1.96. The smallest absolute Gasteiger partial charge is 0.123 e. The highest BCUT2D eigenvalue weighted by Crippen LogP contribution is 2.16. The highest BCUT2D eigenvalue weighted by Gasteiger charge is 2.08. The number of ether oxygens (including phenoxy) is 1. The second-order valence-electron chi connectivity index (χ2n) is 5.05. The zero-order valence-corrected chi connectivity index (χ0v) is 12.6. The van der Waals surface area contributed by atoms with E-state index < -0.39 is 0 Å². The van der Waals surface area contributed by atoms with Gasteiger partial charge in [0.25, 0.3) is 0 Å². The Kier molecular flexibility index (Phi) is 6.02. The van der Waals surface area contributed by atoms with Gasteiger partial charge in [-0.3, -0.25) is 0 Å². The van der Waals surface area contributed by atoms with E-state index in [4.69, 9.17) is 9.72 Å². The lowest BCUT2D eigenvalue weighted by molar-refractivity contribution is 0.192. The van der Waals surface area contributed by atoms with Gasteiger partial charge in [-0.15, -0.1) is 0 Å². The lowest BCUT2D eigenvalue weighted by atomic mass is 10.3. The van der Waals surface area contributed by atoms with Crippen LogP contribution >= 0.6 is 0 Å². The molecule has 0 atom stereocenters. The Bertz CT molecular complexity index is 521. The third kappa shape index (κ3) is 3.81. The van der Waals surface area contributed by atoms with Crippen LogP contribution in [0.1, 0.15) is 32.0 Å². The molecule has 0 bridgehead atoms. The predicted molar refractivity (Wildman–Crippen MR) is 82.8 cm³/mol. The quantitative estimate of drug-likeness (QED) is 0.715. The molecule has 0 saturated heterocycles. The topological polar surface area (TPSA) is 39.1 Å². The molecule has 1 aromatic heterocycles. The summed E-state index contributed by atoms with van der Waals surface area (Å²) >= 11 is 0. The Hall–Kier alpha value is -1.39. The highest BCUT2D eigenvalue weighted by molar-refractivity contribution is 5.75. The van der Waals surface area contributed by atoms with Gasteiger partial charge in [-0.1, -0.05) is 19.1 Å². The van der Waals surface area contributed by atoms with Crippen molar-refractivity contribution in [2.45, 2.75) is 39.3 Å². The number of aromatic nitrogens is 2. The summed E-state index contributed by atoms with van der Waals surface area (Å²) in [5.74, 6) is 1.14. The molecule has 0 aliphatic rings. The van der Waals surface area contributed by atoms with Gasteiger partial charge < -0.3 is 14.6 Å². The molecular weight excluding hydrogens is 250 g/mol. The number of methoxy groups -OCH3 is 1. The number of hydrogen-bond acceptors (Lipinski definition) is 3. The minimum absolute atomic E-state index is 0.835. The average molecular weight is 275 g/mol. The molecule has 0 spiro atoms. The van der Waals surface area contributed by atoms with Crippen molar-refractivity contribution in [2.24, 2.45) is 0 Å². The molecule has 0 aliphatic heterocycles. The third-order valence-electron chi connectivity index (χ3n) is 3.42. The van der Waals surface area contributed by atoms with E-state index in [0.717, 1.165) is 56.8 Å². The second kappa shape index (κ2) is 8.02. The first-order chi connectivity index (χ1) is 9.86. The molecule has 0 fully saturated rings. The minimum Gasteiger partial charge on any atom is -0.385 e. The lowest BCUT2D eigenvalue weighted by Crippen LogP contribution is -2.18. The standard InChI is InChI=1S/C16H25N3O/c1-3-11-19-15-9-5-4-8-14(15)18-16(19)13-17-10-6-7-12-20-2/h4-5,8-9,17H,3,6-7,10-13H2,1-2H3. The minimum atomic E-state index is 0.835. The summed E-state index contributed by atoms with van der Waals surface area (Å²) in [4.78, 5) is 4.74. The maximum absolute atomic E-state index is 5.05. The molecule has 4 heteroatoms. The number of fused-ring (bicyclic) bond motifs is 1. The van der Waals surface area contributed by atoms with E-state index in [9.17, 15) is 0 Å². The van der Waals surface area contributed by atoms with Crippen molar-refractivity contribution in [3.8, 4) is 0 Å². The fraction of sp³-hybridized carbons (Fsp3) is 0.562. The molecule has 0 radical (unpaired) electrons. The summed E-state index contributed by atoms with van der Waals surface area (Å²) in [5, 5.41) is 3.48. The van der Waals surface area contributed by atoms with E-state index in [1.165, 1.54) is 5.52 Å². The largest absolute Gasteiger partial charge is 0.385 e. The first kappa shape index (κ1) is 15.0. The van der Waals surface area contributed by atoms with E-state index in [1.54, 1.807) is 7.11 Å². The molecule has 0 saturated carbocycles. The van der Waals surface area contributed by atoms with Gasteiger partial charge in [-0.25, -0.2) is 4.98 Å². The molecule has 110 valence electrons. The maximum Gasteiger partial charge on any atom is 0.123 e. The summed E-state index contributed by atoms with van der Waals surface area (Å²) in [6, 6.07) is 8.37. The molecule has 1 N–H and O–H groups in total. The second-order valence-corrected chi connectivity index (χ2v) is 5.05. The van der Waals surface area contributed by atoms with Crippen molar-refractivity contribution >= 4 is 11.0 Å². The van der Waals surface area contributed by atoms with E-state index in [-0.39, 0.29) is 0 Å². The van der Waals surface area contributed by atoms with E-state index in [1.807, 2.05) is 6.07 Å². The summed E-state index contributed by atoms with van der Waals surface area (Å²) in [7, 11) is 1.75. The number of para-hydroxylation sites is 2. The van der Waals surface area contributed by atoms with Crippen molar-refractivity contribution in [1.82, 2.24) is 14.9 Å². The van der Waals surface area contributed by atoms with Gasteiger partial charge in [0, 0.05) is 20.3 Å². The fourth-order valence-corrected chi connectivity index (χ4v) is 2.43. The van der Waals surface area contributed by atoms with Crippen LogP contribution in [0.4, 0.5) is 0 Å². The Morgan fingerprint density at radius 1 is 1.25 bits per heavy atom. The van der Waals surface area contributed by atoms with Crippen LogP contribution in [-0.2, 0) is 17.8 Å². The molecular formula is C16H25N3O. The van der Waals surface area contributed by atoms with Gasteiger partial charge in [0.1, 0.15) is 5.82 Å². The van der Waals surface area contributed by atoms with Crippen molar-refractivity contribution in [1.29, 1.82) is 0 Å². The number of hydrogen-bond donors (Lipinski definition) is 1. The number of unbranched alkanes of at least 4 members (excludes halogenated alkanes) is 1. The first-order valence-electron chi connectivity index (χ1n) is 7.50. The van der Waals surface area contributed by atoms with Crippen molar-refractivity contribution in [2.75, 3.05) is 20.3 Å². The molecule has 2 aromatic rings. The molecule has 2 rings (SSSR count). The molecule has 20 heavy (non-hydrogen) atoms. The monoisotopic (exact) mass is 275 g/mol. The Morgan fingerprint density at radius 3 is 2.90 bits per heavy atom. The van der Waals surface area contributed by atoms with Gasteiger partial charge in [0.2, 0.25) is 0 Å². The molecule has 1 heterocycles. The van der Waals surface area contributed by atoms with Crippen LogP contribution in [0.25, 0.3) is 11.0 Å². The van der Waals surface area contributed by atoms with Crippen molar-refractivity contribution < 1.29 is 4.74 Å². The van der Waals surface area contributed by atoms with E-state index >= 15 is 0 Å². The summed E-state index contributed by atoms with van der Waals surface area (Å²) in [6.07, 6.45) is 3.37. The van der Waals surface area contributed by atoms with Crippen LogP contribution in [0, 0.1) is 0 Å².